The fourth-order valence-corrected chi connectivity index (χ4v) is 1.69. The Kier molecular flexibility index (Phi) is 2.90. The molecule has 1 aliphatic heterocycles. The van der Waals surface area contributed by atoms with Crippen LogP contribution in [-0.2, 0) is 4.74 Å². The van der Waals surface area contributed by atoms with Crippen LogP contribution in [0.4, 0.5) is 0 Å². The fraction of sp³-hybridized carbons (Fsp3) is 1.00. The molecule has 2 heteroatoms. The van der Waals surface area contributed by atoms with E-state index in [1.54, 1.807) is 0 Å². The molecule has 1 fully saturated rings. The third-order valence-corrected chi connectivity index (χ3v) is 2.20. The molecule has 0 N–H and O–H groups in total. The van der Waals surface area contributed by atoms with Crippen molar-refractivity contribution in [3.05, 3.63) is 0 Å². The van der Waals surface area contributed by atoms with Crippen LogP contribution in [0.3, 0.4) is 0 Å². The van der Waals surface area contributed by atoms with Crippen molar-refractivity contribution < 1.29 is 4.74 Å². The maximum atomic E-state index is 5.75. The Balaban J connectivity index is 2.50. The second-order valence-electron chi connectivity index (χ2n) is 3.67. The summed E-state index contributed by atoms with van der Waals surface area (Å²) in [6.07, 6.45) is 0.775. The van der Waals surface area contributed by atoms with Gasteiger partial charge in [0.2, 0.25) is 0 Å². The predicted octanol–water partition coefficient (Wildman–Crippen LogP) is 1.71. The number of rotatable bonds is 2. The second-order valence-corrected chi connectivity index (χ2v) is 3.67. The number of hydrogen-bond donors (Lipinski definition) is 0. The number of hydrogen-bond acceptors (Lipinski definition) is 2. The summed E-state index contributed by atoms with van der Waals surface area (Å²) < 4.78 is 5.75. The first-order chi connectivity index (χ1) is 5.15. The molecule has 66 valence electrons. The highest BCUT2D eigenvalue weighted by atomic mass is 16.5. The third kappa shape index (κ3) is 1.94. The van der Waals surface area contributed by atoms with E-state index in [1.807, 2.05) is 0 Å². The van der Waals surface area contributed by atoms with Crippen LogP contribution in [0, 0.1) is 5.92 Å². The van der Waals surface area contributed by atoms with Crippen molar-refractivity contribution in [1.29, 1.82) is 0 Å². The Labute approximate surface area is 69.5 Å². The molecule has 0 saturated carbocycles. The molecule has 11 heavy (non-hydrogen) atoms. The summed E-state index contributed by atoms with van der Waals surface area (Å²) >= 11 is 0. The first kappa shape index (κ1) is 9.01. The van der Waals surface area contributed by atoms with Gasteiger partial charge in [-0.15, -0.1) is 0 Å². The molecule has 1 saturated heterocycles. The van der Waals surface area contributed by atoms with Gasteiger partial charge in [0, 0.05) is 6.54 Å². The summed E-state index contributed by atoms with van der Waals surface area (Å²) in [5, 5.41) is 0. The molecule has 0 aromatic heterocycles. The van der Waals surface area contributed by atoms with E-state index in [9.17, 15) is 0 Å². The summed E-state index contributed by atoms with van der Waals surface area (Å²) in [6, 6.07) is 0. The minimum Gasteiger partial charge on any atom is -0.359 e. The molecule has 1 heterocycles. The predicted molar refractivity (Wildman–Crippen MR) is 46.4 cm³/mol. The van der Waals surface area contributed by atoms with Crippen molar-refractivity contribution in [3.8, 4) is 0 Å². The van der Waals surface area contributed by atoms with Gasteiger partial charge in [-0.05, 0) is 19.4 Å². The highest BCUT2D eigenvalue weighted by Crippen LogP contribution is 2.21. The lowest BCUT2D eigenvalue weighted by Gasteiger charge is -2.24. The van der Waals surface area contributed by atoms with Gasteiger partial charge in [0.15, 0.2) is 0 Å². The van der Waals surface area contributed by atoms with Crippen LogP contribution < -0.4 is 0 Å². The number of ether oxygens (including phenoxy) is 1. The van der Waals surface area contributed by atoms with Gasteiger partial charge >= 0.3 is 0 Å². The van der Waals surface area contributed by atoms with E-state index in [1.165, 1.54) is 0 Å². The van der Waals surface area contributed by atoms with Gasteiger partial charge in [-0.25, -0.2) is 0 Å². The number of nitrogens with zero attached hydrogens (tertiary/aromatic N) is 1. The van der Waals surface area contributed by atoms with E-state index >= 15 is 0 Å². The molecule has 0 aliphatic carbocycles. The van der Waals surface area contributed by atoms with Gasteiger partial charge in [-0.1, -0.05) is 20.8 Å². The first-order valence-corrected chi connectivity index (χ1v) is 4.54. The zero-order chi connectivity index (χ0) is 8.43. The molecule has 1 rings (SSSR count). The Morgan fingerprint density at radius 1 is 1.55 bits per heavy atom. The lowest BCUT2D eigenvalue weighted by atomic mass is 10.2. The quantitative estimate of drug-likeness (QED) is 0.605. The van der Waals surface area contributed by atoms with Crippen LogP contribution in [0.5, 0.6) is 0 Å². The molecule has 0 bridgehead atoms. The maximum Gasteiger partial charge on any atom is 0.113 e. The third-order valence-electron chi connectivity index (χ3n) is 2.20. The van der Waals surface area contributed by atoms with Gasteiger partial charge in [0.25, 0.3) is 0 Å². The van der Waals surface area contributed by atoms with Crippen LogP contribution in [0.25, 0.3) is 0 Å². The van der Waals surface area contributed by atoms with E-state index in [0.29, 0.717) is 18.2 Å². The van der Waals surface area contributed by atoms with Crippen molar-refractivity contribution in [3.63, 3.8) is 0 Å². The van der Waals surface area contributed by atoms with Gasteiger partial charge in [-0.2, -0.15) is 0 Å². The molecular weight excluding hydrogens is 138 g/mol. The summed E-state index contributed by atoms with van der Waals surface area (Å²) in [5.74, 6) is 0.611. The molecular formula is C9H19NO. The van der Waals surface area contributed by atoms with Crippen molar-refractivity contribution in [2.24, 2.45) is 5.92 Å². The first-order valence-electron chi connectivity index (χ1n) is 4.54. The van der Waals surface area contributed by atoms with Gasteiger partial charge in [0.1, 0.15) is 6.23 Å². The van der Waals surface area contributed by atoms with Crippen LogP contribution >= 0.6 is 0 Å². The SMILES string of the molecule is CCN1C[C@H](C)OC1C(C)C. The molecule has 0 aromatic rings. The van der Waals surface area contributed by atoms with Crippen molar-refractivity contribution in [2.75, 3.05) is 13.1 Å². The topological polar surface area (TPSA) is 12.5 Å². The zero-order valence-electron chi connectivity index (χ0n) is 8.00. The second kappa shape index (κ2) is 3.55. The fourth-order valence-electron chi connectivity index (χ4n) is 1.69. The minimum absolute atomic E-state index is 0.356. The molecule has 2 nitrogen and oxygen atoms in total. The van der Waals surface area contributed by atoms with Crippen LogP contribution in [0.1, 0.15) is 27.7 Å². The lowest BCUT2D eigenvalue weighted by molar-refractivity contribution is -0.0234. The summed E-state index contributed by atoms with van der Waals surface area (Å²) in [6.45, 7) is 11.0. The zero-order valence-corrected chi connectivity index (χ0v) is 8.00. The molecule has 0 radical (unpaired) electrons. The Morgan fingerprint density at radius 2 is 2.18 bits per heavy atom. The van der Waals surface area contributed by atoms with Crippen molar-refractivity contribution >= 4 is 0 Å². The van der Waals surface area contributed by atoms with Crippen molar-refractivity contribution in [1.82, 2.24) is 4.90 Å². The Morgan fingerprint density at radius 3 is 2.55 bits per heavy atom. The van der Waals surface area contributed by atoms with Crippen molar-refractivity contribution in [2.45, 2.75) is 40.0 Å². The summed E-state index contributed by atoms with van der Waals surface area (Å²) in [4.78, 5) is 2.40. The average molecular weight is 157 g/mol. The maximum absolute atomic E-state index is 5.75. The standard InChI is InChI=1S/C9H19NO/c1-5-10-6-8(4)11-9(10)7(2)3/h7-9H,5-6H2,1-4H3/t8-,9?/m0/s1. The Hall–Kier alpha value is -0.0800. The minimum atomic E-state index is 0.356. The highest BCUT2D eigenvalue weighted by molar-refractivity contribution is 4.75. The molecule has 0 amide bonds. The summed E-state index contributed by atoms with van der Waals surface area (Å²) in [7, 11) is 0. The molecule has 0 aromatic carbocycles. The largest absolute Gasteiger partial charge is 0.359 e. The highest BCUT2D eigenvalue weighted by Gasteiger charge is 2.30. The van der Waals surface area contributed by atoms with Crippen LogP contribution in [-0.4, -0.2) is 30.3 Å². The van der Waals surface area contributed by atoms with E-state index in [0.717, 1.165) is 13.1 Å². The van der Waals surface area contributed by atoms with Gasteiger partial charge in [0.05, 0.1) is 6.10 Å². The number of likely N-dealkylation sites (N-methyl/N-ethyl adjacent to an activating group) is 1. The lowest BCUT2D eigenvalue weighted by Crippen LogP contribution is -2.33. The van der Waals surface area contributed by atoms with E-state index < -0.39 is 0 Å². The van der Waals surface area contributed by atoms with E-state index in [4.69, 9.17) is 4.74 Å². The van der Waals surface area contributed by atoms with E-state index in [2.05, 4.69) is 32.6 Å². The normalized spacial score (nSPS) is 33.5. The summed E-state index contributed by atoms with van der Waals surface area (Å²) in [5.41, 5.74) is 0. The molecule has 2 atom stereocenters. The van der Waals surface area contributed by atoms with E-state index in [-0.39, 0.29) is 0 Å². The monoisotopic (exact) mass is 157 g/mol. The molecule has 1 aliphatic rings. The van der Waals surface area contributed by atoms with Gasteiger partial charge < -0.3 is 4.74 Å². The molecule has 0 spiro atoms. The Bertz CT molecular complexity index is 125. The van der Waals surface area contributed by atoms with Crippen LogP contribution in [0.2, 0.25) is 0 Å². The van der Waals surface area contributed by atoms with Gasteiger partial charge in [-0.3, -0.25) is 4.90 Å². The average Bonchev–Trinajstić information content (AvgIpc) is 2.30. The smallest absolute Gasteiger partial charge is 0.113 e. The molecule has 1 unspecified atom stereocenters. The van der Waals surface area contributed by atoms with Crippen LogP contribution in [0.15, 0.2) is 0 Å².